The standard InChI is InChI=1S/C12H13ClN2O3/c1-16-9-4-7(8-6-14-12(13)15-8)5-10(17-2)11(9)18-3/h4-6H,1-3H3,(H,14,15). The predicted molar refractivity (Wildman–Crippen MR) is 68.7 cm³/mol. The first kappa shape index (κ1) is 12.6. The highest BCUT2D eigenvalue weighted by Crippen LogP contribution is 2.40. The van der Waals surface area contributed by atoms with E-state index in [-0.39, 0.29) is 0 Å². The molecular formula is C12H13ClN2O3. The second kappa shape index (κ2) is 5.18. The lowest BCUT2D eigenvalue weighted by Gasteiger charge is -2.13. The number of imidazole rings is 1. The number of aromatic nitrogens is 2. The van der Waals surface area contributed by atoms with Crippen LogP contribution in [0.1, 0.15) is 0 Å². The molecule has 1 N–H and O–H groups in total. The van der Waals surface area contributed by atoms with Gasteiger partial charge in [0.1, 0.15) is 0 Å². The zero-order chi connectivity index (χ0) is 13.1. The third-order valence-electron chi connectivity index (χ3n) is 2.52. The van der Waals surface area contributed by atoms with Crippen molar-refractivity contribution in [2.24, 2.45) is 0 Å². The van der Waals surface area contributed by atoms with E-state index in [0.29, 0.717) is 22.5 Å². The molecule has 0 spiro atoms. The Morgan fingerprint density at radius 3 is 2.06 bits per heavy atom. The van der Waals surface area contributed by atoms with Crippen LogP contribution in [0, 0.1) is 0 Å². The Morgan fingerprint density at radius 1 is 1.06 bits per heavy atom. The SMILES string of the molecule is COc1cc(-c2cnc(Cl)[nH]2)cc(OC)c1OC. The van der Waals surface area contributed by atoms with E-state index < -0.39 is 0 Å². The number of nitrogens with one attached hydrogen (secondary N) is 1. The van der Waals surface area contributed by atoms with Crippen LogP contribution >= 0.6 is 11.6 Å². The summed E-state index contributed by atoms with van der Waals surface area (Å²) in [5, 5.41) is 0.332. The molecule has 0 radical (unpaired) electrons. The second-order valence-electron chi connectivity index (χ2n) is 3.50. The number of hydrogen-bond acceptors (Lipinski definition) is 4. The maximum atomic E-state index is 5.76. The highest BCUT2D eigenvalue weighted by atomic mass is 35.5. The normalized spacial score (nSPS) is 10.2. The number of hydrogen-bond donors (Lipinski definition) is 1. The molecule has 0 saturated heterocycles. The van der Waals surface area contributed by atoms with Gasteiger partial charge in [-0.2, -0.15) is 0 Å². The van der Waals surface area contributed by atoms with Crippen molar-refractivity contribution in [1.29, 1.82) is 0 Å². The Kier molecular flexibility index (Phi) is 3.62. The number of benzene rings is 1. The molecule has 1 aromatic heterocycles. The molecule has 0 aliphatic heterocycles. The summed E-state index contributed by atoms with van der Waals surface area (Å²) in [5.41, 5.74) is 1.63. The van der Waals surface area contributed by atoms with Crippen LogP contribution in [0.25, 0.3) is 11.3 Å². The Balaban J connectivity index is 2.56. The van der Waals surface area contributed by atoms with Crippen molar-refractivity contribution in [3.8, 4) is 28.5 Å². The third-order valence-corrected chi connectivity index (χ3v) is 2.71. The molecular weight excluding hydrogens is 256 g/mol. The van der Waals surface area contributed by atoms with Gasteiger partial charge in [0.25, 0.3) is 0 Å². The van der Waals surface area contributed by atoms with E-state index in [2.05, 4.69) is 9.97 Å². The lowest BCUT2D eigenvalue weighted by Crippen LogP contribution is -1.95. The molecule has 1 heterocycles. The van der Waals surface area contributed by atoms with E-state index in [1.807, 2.05) is 12.1 Å². The number of aromatic amines is 1. The lowest BCUT2D eigenvalue weighted by molar-refractivity contribution is 0.324. The summed E-state index contributed by atoms with van der Waals surface area (Å²) in [6, 6.07) is 3.65. The molecule has 2 rings (SSSR count). The number of nitrogens with zero attached hydrogens (tertiary/aromatic N) is 1. The summed E-state index contributed by atoms with van der Waals surface area (Å²) in [6.07, 6.45) is 1.64. The van der Waals surface area contributed by atoms with Gasteiger partial charge in [-0.3, -0.25) is 0 Å². The fourth-order valence-electron chi connectivity index (χ4n) is 1.68. The predicted octanol–water partition coefficient (Wildman–Crippen LogP) is 2.76. The van der Waals surface area contributed by atoms with Crippen molar-refractivity contribution in [2.45, 2.75) is 0 Å². The van der Waals surface area contributed by atoms with E-state index >= 15 is 0 Å². The average molecular weight is 269 g/mol. The van der Waals surface area contributed by atoms with Crippen LogP contribution in [0.15, 0.2) is 18.3 Å². The van der Waals surface area contributed by atoms with Crippen LogP contribution in [0.2, 0.25) is 5.28 Å². The Labute approximate surface area is 110 Å². The molecule has 0 fully saturated rings. The molecule has 1 aromatic carbocycles. The minimum absolute atomic E-state index is 0.332. The van der Waals surface area contributed by atoms with Gasteiger partial charge in [0, 0.05) is 5.56 Å². The number of rotatable bonds is 4. The maximum Gasteiger partial charge on any atom is 0.203 e. The van der Waals surface area contributed by atoms with Crippen molar-refractivity contribution in [2.75, 3.05) is 21.3 Å². The Morgan fingerprint density at radius 2 is 1.67 bits per heavy atom. The highest BCUT2D eigenvalue weighted by Gasteiger charge is 2.14. The molecule has 2 aromatic rings. The van der Waals surface area contributed by atoms with Gasteiger partial charge in [-0.15, -0.1) is 0 Å². The minimum atomic E-state index is 0.332. The van der Waals surface area contributed by atoms with Crippen molar-refractivity contribution in [3.05, 3.63) is 23.6 Å². The van der Waals surface area contributed by atoms with Crippen molar-refractivity contribution in [1.82, 2.24) is 9.97 Å². The number of halogens is 1. The molecule has 0 aliphatic rings. The van der Waals surface area contributed by atoms with Gasteiger partial charge in [0.2, 0.25) is 5.75 Å². The highest BCUT2D eigenvalue weighted by molar-refractivity contribution is 6.28. The van der Waals surface area contributed by atoms with Crippen LogP contribution in [0.3, 0.4) is 0 Å². The summed E-state index contributed by atoms with van der Waals surface area (Å²) in [7, 11) is 4.70. The molecule has 0 atom stereocenters. The van der Waals surface area contributed by atoms with Crippen LogP contribution in [0.5, 0.6) is 17.2 Å². The molecule has 18 heavy (non-hydrogen) atoms. The fraction of sp³-hybridized carbons (Fsp3) is 0.250. The van der Waals surface area contributed by atoms with Crippen molar-refractivity contribution >= 4 is 11.6 Å². The molecule has 0 unspecified atom stereocenters. The number of methoxy groups -OCH3 is 3. The monoisotopic (exact) mass is 268 g/mol. The minimum Gasteiger partial charge on any atom is -0.493 e. The largest absolute Gasteiger partial charge is 0.493 e. The first-order valence-electron chi connectivity index (χ1n) is 5.20. The van der Waals surface area contributed by atoms with Gasteiger partial charge in [-0.25, -0.2) is 4.98 Å². The van der Waals surface area contributed by atoms with Gasteiger partial charge < -0.3 is 19.2 Å². The zero-order valence-corrected chi connectivity index (χ0v) is 11.0. The number of ether oxygens (including phenoxy) is 3. The van der Waals surface area contributed by atoms with E-state index in [4.69, 9.17) is 25.8 Å². The second-order valence-corrected chi connectivity index (χ2v) is 3.86. The fourth-order valence-corrected chi connectivity index (χ4v) is 1.83. The van der Waals surface area contributed by atoms with Gasteiger partial charge in [0.15, 0.2) is 16.8 Å². The van der Waals surface area contributed by atoms with Crippen LogP contribution in [-0.4, -0.2) is 31.3 Å². The van der Waals surface area contributed by atoms with Crippen LogP contribution < -0.4 is 14.2 Å². The third kappa shape index (κ3) is 2.22. The van der Waals surface area contributed by atoms with E-state index in [1.54, 1.807) is 27.5 Å². The Hall–Kier alpha value is -1.88. The van der Waals surface area contributed by atoms with Crippen LogP contribution in [0.4, 0.5) is 0 Å². The molecule has 0 saturated carbocycles. The zero-order valence-electron chi connectivity index (χ0n) is 10.3. The first-order valence-corrected chi connectivity index (χ1v) is 5.58. The summed E-state index contributed by atoms with van der Waals surface area (Å²) in [6.45, 7) is 0. The number of H-pyrrole nitrogens is 1. The van der Waals surface area contributed by atoms with Gasteiger partial charge >= 0.3 is 0 Å². The smallest absolute Gasteiger partial charge is 0.203 e. The van der Waals surface area contributed by atoms with Gasteiger partial charge in [0.05, 0.1) is 33.2 Å². The maximum absolute atomic E-state index is 5.76. The van der Waals surface area contributed by atoms with Crippen LogP contribution in [-0.2, 0) is 0 Å². The molecule has 0 amide bonds. The molecule has 6 heteroatoms. The summed E-state index contributed by atoms with van der Waals surface area (Å²) in [4.78, 5) is 6.88. The van der Waals surface area contributed by atoms with E-state index in [0.717, 1.165) is 11.3 Å². The molecule has 0 aliphatic carbocycles. The van der Waals surface area contributed by atoms with E-state index in [9.17, 15) is 0 Å². The lowest BCUT2D eigenvalue weighted by atomic mass is 10.1. The van der Waals surface area contributed by atoms with Gasteiger partial charge in [-0.05, 0) is 23.7 Å². The topological polar surface area (TPSA) is 56.4 Å². The summed E-state index contributed by atoms with van der Waals surface area (Å²) >= 11 is 5.76. The van der Waals surface area contributed by atoms with Crippen molar-refractivity contribution < 1.29 is 14.2 Å². The molecule has 5 nitrogen and oxygen atoms in total. The summed E-state index contributed by atoms with van der Waals surface area (Å²) < 4.78 is 15.8. The van der Waals surface area contributed by atoms with Gasteiger partial charge in [-0.1, -0.05) is 0 Å². The Bertz CT molecular complexity index is 529. The molecule has 0 bridgehead atoms. The average Bonchev–Trinajstić information content (AvgIpc) is 2.83. The van der Waals surface area contributed by atoms with E-state index in [1.165, 1.54) is 0 Å². The summed E-state index contributed by atoms with van der Waals surface area (Å²) in [5.74, 6) is 1.71. The molecule has 96 valence electrons. The first-order chi connectivity index (χ1) is 8.69. The van der Waals surface area contributed by atoms with Crippen molar-refractivity contribution in [3.63, 3.8) is 0 Å². The quantitative estimate of drug-likeness (QED) is 0.926.